The smallest absolute Gasteiger partial charge is 0.222 e. The summed E-state index contributed by atoms with van der Waals surface area (Å²) in [5.41, 5.74) is 2.44. The number of carbonyl (C=O) groups is 1. The normalized spacial score (nSPS) is 22.7. The van der Waals surface area contributed by atoms with Gasteiger partial charge in [-0.3, -0.25) is 9.78 Å². The van der Waals surface area contributed by atoms with Gasteiger partial charge in [0, 0.05) is 50.4 Å². The van der Waals surface area contributed by atoms with E-state index in [4.69, 9.17) is 0 Å². The molecule has 0 spiro atoms. The van der Waals surface area contributed by atoms with Crippen molar-refractivity contribution in [3.63, 3.8) is 0 Å². The molecule has 1 saturated carbocycles. The van der Waals surface area contributed by atoms with Gasteiger partial charge in [0.2, 0.25) is 5.91 Å². The van der Waals surface area contributed by atoms with Gasteiger partial charge in [-0.25, -0.2) is 0 Å². The Kier molecular flexibility index (Phi) is 5.08. The lowest BCUT2D eigenvalue weighted by molar-refractivity contribution is -0.130. The third-order valence-electron chi connectivity index (χ3n) is 4.90. The van der Waals surface area contributed by atoms with E-state index < -0.39 is 0 Å². The quantitative estimate of drug-likeness (QED) is 0.877. The second kappa shape index (κ2) is 7.23. The first kappa shape index (κ1) is 15.5. The molecule has 1 amide bonds. The van der Waals surface area contributed by atoms with E-state index in [1.54, 1.807) is 0 Å². The van der Waals surface area contributed by atoms with Crippen LogP contribution in [0, 0.1) is 12.8 Å². The van der Waals surface area contributed by atoms with Crippen molar-refractivity contribution < 1.29 is 4.79 Å². The molecule has 1 unspecified atom stereocenters. The van der Waals surface area contributed by atoms with Crippen LogP contribution in [0.4, 0.5) is 0 Å². The van der Waals surface area contributed by atoms with Crippen LogP contribution >= 0.6 is 0 Å². The highest BCUT2D eigenvalue weighted by molar-refractivity contribution is 5.76. The van der Waals surface area contributed by atoms with Crippen LogP contribution in [0.2, 0.25) is 0 Å². The third kappa shape index (κ3) is 4.29. The number of hydrogen-bond acceptors (Lipinski definition) is 3. The van der Waals surface area contributed by atoms with Crippen molar-refractivity contribution in [1.29, 1.82) is 0 Å². The van der Waals surface area contributed by atoms with Gasteiger partial charge in [-0.15, -0.1) is 0 Å². The molecule has 2 heterocycles. The molecular weight excluding hydrogens is 274 g/mol. The third-order valence-corrected chi connectivity index (χ3v) is 4.90. The van der Waals surface area contributed by atoms with Crippen molar-refractivity contribution in [2.75, 3.05) is 19.6 Å². The Labute approximate surface area is 133 Å². The fourth-order valence-corrected chi connectivity index (χ4v) is 3.22. The van der Waals surface area contributed by atoms with E-state index in [-0.39, 0.29) is 0 Å². The molecule has 3 rings (SSSR count). The highest BCUT2D eigenvalue weighted by atomic mass is 16.2. The Bertz CT molecular complexity index is 513. The summed E-state index contributed by atoms with van der Waals surface area (Å²) in [5, 5.41) is 3.63. The molecule has 2 fully saturated rings. The Morgan fingerprint density at radius 1 is 1.32 bits per heavy atom. The molecule has 1 saturated heterocycles. The maximum absolute atomic E-state index is 12.2. The van der Waals surface area contributed by atoms with E-state index in [0.717, 1.165) is 44.8 Å². The van der Waals surface area contributed by atoms with Gasteiger partial charge < -0.3 is 10.2 Å². The summed E-state index contributed by atoms with van der Waals surface area (Å²) in [6, 6.07) is 4.57. The summed E-state index contributed by atoms with van der Waals surface area (Å²) in [6.45, 7) is 4.98. The molecule has 0 radical (unpaired) electrons. The first-order valence-corrected chi connectivity index (χ1v) is 8.64. The standard InChI is InChI=1S/C18H27N3O/c1-14-3-2-10-20-17(14)8-11-19-16-6-7-18(22)21(12-9-16)13-15-4-5-15/h2-3,10,15-16,19H,4-9,11-13H2,1H3. The van der Waals surface area contributed by atoms with Gasteiger partial charge in [-0.2, -0.15) is 0 Å². The summed E-state index contributed by atoms with van der Waals surface area (Å²) in [6.07, 6.45) is 8.21. The second-order valence-corrected chi connectivity index (χ2v) is 6.78. The van der Waals surface area contributed by atoms with Crippen molar-refractivity contribution in [2.45, 2.75) is 51.5 Å². The van der Waals surface area contributed by atoms with Crippen LogP contribution in [0.5, 0.6) is 0 Å². The molecule has 4 heteroatoms. The minimum atomic E-state index is 0.358. The molecule has 120 valence electrons. The number of aryl methyl sites for hydroxylation is 1. The van der Waals surface area contributed by atoms with Crippen LogP contribution in [0.15, 0.2) is 18.3 Å². The van der Waals surface area contributed by atoms with Gasteiger partial charge >= 0.3 is 0 Å². The highest BCUT2D eigenvalue weighted by Gasteiger charge is 2.28. The summed E-state index contributed by atoms with van der Waals surface area (Å²) < 4.78 is 0. The lowest BCUT2D eigenvalue weighted by Gasteiger charge is -2.21. The van der Waals surface area contributed by atoms with Gasteiger partial charge in [0.15, 0.2) is 0 Å². The molecule has 4 nitrogen and oxygen atoms in total. The second-order valence-electron chi connectivity index (χ2n) is 6.78. The monoisotopic (exact) mass is 301 g/mol. The molecule has 1 aliphatic heterocycles. The van der Waals surface area contributed by atoms with Crippen molar-refractivity contribution in [2.24, 2.45) is 5.92 Å². The maximum Gasteiger partial charge on any atom is 0.222 e. The first-order chi connectivity index (χ1) is 10.7. The molecule has 1 aromatic heterocycles. The lowest BCUT2D eigenvalue weighted by Crippen LogP contribution is -2.34. The highest BCUT2D eigenvalue weighted by Crippen LogP contribution is 2.30. The summed E-state index contributed by atoms with van der Waals surface area (Å²) in [5.74, 6) is 1.15. The van der Waals surface area contributed by atoms with E-state index in [9.17, 15) is 4.79 Å². The number of pyridine rings is 1. The van der Waals surface area contributed by atoms with Gasteiger partial charge in [0.25, 0.3) is 0 Å². The number of nitrogens with zero attached hydrogens (tertiary/aromatic N) is 2. The summed E-state index contributed by atoms with van der Waals surface area (Å²) >= 11 is 0. The fraction of sp³-hybridized carbons (Fsp3) is 0.667. The molecule has 0 bridgehead atoms. The molecular formula is C18H27N3O. The van der Waals surface area contributed by atoms with Crippen LogP contribution < -0.4 is 5.32 Å². The average Bonchev–Trinajstić information content (AvgIpc) is 3.34. The van der Waals surface area contributed by atoms with Crippen LogP contribution in [0.25, 0.3) is 0 Å². The number of likely N-dealkylation sites (tertiary alicyclic amines) is 1. The molecule has 1 aliphatic carbocycles. The number of amides is 1. The molecule has 1 atom stereocenters. The van der Waals surface area contributed by atoms with E-state index in [0.29, 0.717) is 18.4 Å². The number of carbonyl (C=O) groups excluding carboxylic acids is 1. The van der Waals surface area contributed by atoms with E-state index in [1.165, 1.54) is 24.1 Å². The Hall–Kier alpha value is -1.42. The van der Waals surface area contributed by atoms with Crippen molar-refractivity contribution in [1.82, 2.24) is 15.2 Å². The zero-order valence-corrected chi connectivity index (χ0v) is 13.6. The minimum Gasteiger partial charge on any atom is -0.342 e. The van der Waals surface area contributed by atoms with Crippen LogP contribution in [-0.2, 0) is 11.2 Å². The summed E-state index contributed by atoms with van der Waals surface area (Å²) in [4.78, 5) is 18.7. The Morgan fingerprint density at radius 2 is 2.18 bits per heavy atom. The topological polar surface area (TPSA) is 45.2 Å². The molecule has 1 aromatic rings. The minimum absolute atomic E-state index is 0.358. The molecule has 1 N–H and O–H groups in total. The zero-order chi connectivity index (χ0) is 15.4. The van der Waals surface area contributed by atoms with Gasteiger partial charge in [0.1, 0.15) is 0 Å². The number of hydrogen-bond donors (Lipinski definition) is 1. The number of rotatable bonds is 6. The summed E-state index contributed by atoms with van der Waals surface area (Å²) in [7, 11) is 0. The van der Waals surface area contributed by atoms with Crippen molar-refractivity contribution >= 4 is 5.91 Å². The Morgan fingerprint density at radius 3 is 2.95 bits per heavy atom. The van der Waals surface area contributed by atoms with Crippen molar-refractivity contribution in [3.8, 4) is 0 Å². The zero-order valence-electron chi connectivity index (χ0n) is 13.6. The predicted octanol–water partition coefficient (Wildman–Crippen LogP) is 2.31. The predicted molar refractivity (Wildman–Crippen MR) is 87.6 cm³/mol. The van der Waals surface area contributed by atoms with Gasteiger partial charge in [-0.1, -0.05) is 6.07 Å². The largest absolute Gasteiger partial charge is 0.342 e. The van der Waals surface area contributed by atoms with Gasteiger partial charge in [-0.05, 0) is 50.2 Å². The molecule has 22 heavy (non-hydrogen) atoms. The van der Waals surface area contributed by atoms with E-state index >= 15 is 0 Å². The molecule has 0 aromatic carbocycles. The maximum atomic E-state index is 12.2. The fourth-order valence-electron chi connectivity index (χ4n) is 3.22. The average molecular weight is 301 g/mol. The lowest BCUT2D eigenvalue weighted by atomic mass is 10.1. The van der Waals surface area contributed by atoms with Crippen LogP contribution in [0.3, 0.4) is 0 Å². The SMILES string of the molecule is Cc1cccnc1CCNC1CCC(=O)N(CC2CC2)CC1. The van der Waals surface area contributed by atoms with E-state index in [2.05, 4.69) is 28.2 Å². The van der Waals surface area contributed by atoms with E-state index in [1.807, 2.05) is 12.3 Å². The first-order valence-electron chi connectivity index (χ1n) is 8.64. The van der Waals surface area contributed by atoms with Crippen LogP contribution in [-0.4, -0.2) is 41.5 Å². The van der Waals surface area contributed by atoms with Gasteiger partial charge in [0.05, 0.1) is 0 Å². The Balaban J connectivity index is 1.43. The van der Waals surface area contributed by atoms with Crippen molar-refractivity contribution in [3.05, 3.63) is 29.6 Å². The number of aromatic nitrogens is 1. The van der Waals surface area contributed by atoms with Crippen LogP contribution in [0.1, 0.15) is 43.4 Å². The molecule has 2 aliphatic rings. The number of nitrogens with one attached hydrogen (secondary N) is 1.